The number of carbonyl (C=O) groups excluding carboxylic acids is 1. The van der Waals surface area contributed by atoms with Gasteiger partial charge in [-0.15, -0.1) is 0 Å². The molecule has 1 aliphatic heterocycles. The highest BCUT2D eigenvalue weighted by Gasteiger charge is 2.29. The number of morpholine rings is 1. The van der Waals surface area contributed by atoms with Crippen LogP contribution in [0.25, 0.3) is 0 Å². The lowest BCUT2D eigenvalue weighted by atomic mass is 10.1. The number of nitrogens with two attached hydrogens (primary N) is 1. The van der Waals surface area contributed by atoms with Crippen LogP contribution < -0.4 is 11.1 Å². The lowest BCUT2D eigenvalue weighted by Crippen LogP contribution is -2.57. The van der Waals surface area contributed by atoms with Crippen LogP contribution in [0.3, 0.4) is 0 Å². The lowest BCUT2D eigenvalue weighted by molar-refractivity contribution is -0.129. The van der Waals surface area contributed by atoms with Crippen LogP contribution in [-0.2, 0) is 14.3 Å². The molecule has 1 aliphatic rings. The summed E-state index contributed by atoms with van der Waals surface area (Å²) in [6, 6.07) is -0.0246. The third-order valence-corrected chi connectivity index (χ3v) is 3.25. The molecular weight excluding hydrogens is 234 g/mol. The van der Waals surface area contributed by atoms with Gasteiger partial charge in [-0.2, -0.15) is 0 Å². The maximum atomic E-state index is 12.0. The molecule has 3 N–H and O–H groups in total. The summed E-state index contributed by atoms with van der Waals surface area (Å²) in [5, 5.41) is 2.92. The zero-order chi connectivity index (χ0) is 13.4. The SMILES string of the molecule is COCCCNC(=O)C(C)N1CCOCC1CN. The third kappa shape index (κ3) is 4.53. The van der Waals surface area contributed by atoms with Crippen molar-refractivity contribution < 1.29 is 14.3 Å². The van der Waals surface area contributed by atoms with E-state index >= 15 is 0 Å². The highest BCUT2D eigenvalue weighted by atomic mass is 16.5. The minimum atomic E-state index is -0.162. The monoisotopic (exact) mass is 259 g/mol. The fraction of sp³-hybridized carbons (Fsp3) is 0.917. The van der Waals surface area contributed by atoms with Crippen LogP contribution in [0.5, 0.6) is 0 Å². The van der Waals surface area contributed by atoms with E-state index in [-0.39, 0.29) is 18.0 Å². The Kier molecular flexibility index (Phi) is 7.19. The number of methoxy groups -OCH3 is 1. The zero-order valence-corrected chi connectivity index (χ0v) is 11.4. The van der Waals surface area contributed by atoms with Gasteiger partial charge in [0.25, 0.3) is 0 Å². The number of hydrogen-bond acceptors (Lipinski definition) is 5. The van der Waals surface area contributed by atoms with Gasteiger partial charge >= 0.3 is 0 Å². The maximum Gasteiger partial charge on any atom is 0.237 e. The van der Waals surface area contributed by atoms with Crippen LogP contribution in [0.4, 0.5) is 0 Å². The molecule has 1 amide bonds. The number of ether oxygens (including phenoxy) is 2. The molecule has 0 aromatic rings. The molecule has 18 heavy (non-hydrogen) atoms. The molecule has 6 nitrogen and oxygen atoms in total. The quantitative estimate of drug-likeness (QED) is 0.585. The average molecular weight is 259 g/mol. The van der Waals surface area contributed by atoms with Gasteiger partial charge in [0.15, 0.2) is 0 Å². The highest BCUT2D eigenvalue weighted by molar-refractivity contribution is 5.81. The van der Waals surface area contributed by atoms with Crippen molar-refractivity contribution in [2.75, 3.05) is 46.6 Å². The van der Waals surface area contributed by atoms with Crippen LogP contribution in [-0.4, -0.2) is 69.5 Å². The average Bonchev–Trinajstić information content (AvgIpc) is 2.42. The van der Waals surface area contributed by atoms with Gasteiger partial charge in [-0.3, -0.25) is 9.69 Å². The van der Waals surface area contributed by atoms with Crippen molar-refractivity contribution in [3.8, 4) is 0 Å². The van der Waals surface area contributed by atoms with Gasteiger partial charge in [-0.05, 0) is 13.3 Å². The Bertz CT molecular complexity index is 251. The van der Waals surface area contributed by atoms with Gasteiger partial charge in [0.05, 0.1) is 19.3 Å². The van der Waals surface area contributed by atoms with Crippen molar-refractivity contribution in [3.05, 3.63) is 0 Å². The predicted octanol–water partition coefficient (Wildman–Crippen LogP) is -0.813. The summed E-state index contributed by atoms with van der Waals surface area (Å²) < 4.78 is 10.3. The molecular formula is C12H25N3O3. The molecule has 0 aliphatic carbocycles. The van der Waals surface area contributed by atoms with Crippen molar-refractivity contribution in [3.63, 3.8) is 0 Å². The molecule has 6 heteroatoms. The molecule has 0 spiro atoms. The minimum Gasteiger partial charge on any atom is -0.385 e. The first-order valence-corrected chi connectivity index (χ1v) is 6.51. The lowest BCUT2D eigenvalue weighted by Gasteiger charge is -2.38. The molecule has 1 heterocycles. The fourth-order valence-corrected chi connectivity index (χ4v) is 2.11. The first-order valence-electron chi connectivity index (χ1n) is 6.51. The summed E-state index contributed by atoms with van der Waals surface area (Å²) in [5.41, 5.74) is 5.70. The summed E-state index contributed by atoms with van der Waals surface area (Å²) >= 11 is 0. The van der Waals surface area contributed by atoms with Crippen molar-refractivity contribution in [1.82, 2.24) is 10.2 Å². The smallest absolute Gasteiger partial charge is 0.237 e. The molecule has 1 rings (SSSR count). The van der Waals surface area contributed by atoms with E-state index in [1.54, 1.807) is 7.11 Å². The van der Waals surface area contributed by atoms with Gasteiger partial charge in [0.1, 0.15) is 0 Å². The van der Waals surface area contributed by atoms with Crippen molar-refractivity contribution in [1.29, 1.82) is 0 Å². The number of rotatable bonds is 7. The summed E-state index contributed by atoms with van der Waals surface area (Å²) in [6.45, 7) is 5.78. The predicted molar refractivity (Wildman–Crippen MR) is 69.3 cm³/mol. The van der Waals surface area contributed by atoms with Gasteiger partial charge in [0.2, 0.25) is 5.91 Å². The second-order valence-electron chi connectivity index (χ2n) is 4.52. The Hall–Kier alpha value is -0.690. The number of carbonyl (C=O) groups is 1. The first-order chi connectivity index (χ1) is 8.70. The standard InChI is InChI=1S/C12H25N3O3/c1-10(12(16)14-4-3-6-17-2)15-5-7-18-9-11(15)8-13/h10-11H,3-9,13H2,1-2H3,(H,14,16). The van der Waals surface area contributed by atoms with E-state index in [9.17, 15) is 4.79 Å². The van der Waals surface area contributed by atoms with Crippen LogP contribution >= 0.6 is 0 Å². The second kappa shape index (κ2) is 8.42. The van der Waals surface area contributed by atoms with Crippen LogP contribution in [0.15, 0.2) is 0 Å². The van der Waals surface area contributed by atoms with Crippen molar-refractivity contribution >= 4 is 5.91 Å². The third-order valence-electron chi connectivity index (χ3n) is 3.25. The van der Waals surface area contributed by atoms with Gasteiger partial charge in [-0.25, -0.2) is 0 Å². The first kappa shape index (κ1) is 15.4. The summed E-state index contributed by atoms with van der Waals surface area (Å²) in [5.74, 6) is 0.0476. The number of nitrogens with one attached hydrogen (secondary N) is 1. The van der Waals surface area contributed by atoms with Crippen LogP contribution in [0.2, 0.25) is 0 Å². The summed E-state index contributed by atoms with van der Waals surface area (Å²) in [4.78, 5) is 14.1. The van der Waals surface area contributed by atoms with E-state index in [2.05, 4.69) is 10.2 Å². The van der Waals surface area contributed by atoms with E-state index in [4.69, 9.17) is 15.2 Å². The Balaban J connectivity index is 2.36. The maximum absolute atomic E-state index is 12.0. The van der Waals surface area contributed by atoms with Gasteiger partial charge in [0, 0.05) is 39.4 Å². The topological polar surface area (TPSA) is 76.8 Å². The molecule has 1 fully saturated rings. The van der Waals surface area contributed by atoms with Gasteiger partial charge < -0.3 is 20.5 Å². The molecule has 0 radical (unpaired) electrons. The Labute approximate surface area is 109 Å². The molecule has 2 atom stereocenters. The van der Waals surface area contributed by atoms with Crippen LogP contribution in [0.1, 0.15) is 13.3 Å². The number of amides is 1. The molecule has 0 bridgehead atoms. The van der Waals surface area contributed by atoms with E-state index in [0.29, 0.717) is 32.9 Å². The summed E-state index contributed by atoms with van der Waals surface area (Å²) in [7, 11) is 1.66. The highest BCUT2D eigenvalue weighted by Crippen LogP contribution is 2.10. The Morgan fingerprint density at radius 1 is 1.67 bits per heavy atom. The molecule has 0 aromatic carbocycles. The largest absolute Gasteiger partial charge is 0.385 e. The summed E-state index contributed by atoms with van der Waals surface area (Å²) in [6.07, 6.45) is 0.832. The van der Waals surface area contributed by atoms with Crippen molar-refractivity contribution in [2.45, 2.75) is 25.4 Å². The molecule has 0 aromatic heterocycles. The molecule has 1 saturated heterocycles. The number of nitrogens with zero attached hydrogens (tertiary/aromatic N) is 1. The fourth-order valence-electron chi connectivity index (χ4n) is 2.11. The van der Waals surface area contributed by atoms with E-state index in [1.165, 1.54) is 0 Å². The zero-order valence-electron chi connectivity index (χ0n) is 11.4. The Morgan fingerprint density at radius 3 is 3.11 bits per heavy atom. The number of hydrogen-bond donors (Lipinski definition) is 2. The van der Waals surface area contributed by atoms with Gasteiger partial charge in [-0.1, -0.05) is 0 Å². The van der Waals surface area contributed by atoms with E-state index < -0.39 is 0 Å². The molecule has 2 unspecified atom stereocenters. The Morgan fingerprint density at radius 2 is 2.44 bits per heavy atom. The second-order valence-corrected chi connectivity index (χ2v) is 4.52. The molecule has 106 valence electrons. The van der Waals surface area contributed by atoms with Crippen LogP contribution in [0, 0.1) is 0 Å². The minimum absolute atomic E-state index is 0.0476. The van der Waals surface area contributed by atoms with E-state index in [1.807, 2.05) is 6.92 Å². The molecule has 0 saturated carbocycles. The normalized spacial score (nSPS) is 22.7. The van der Waals surface area contributed by atoms with E-state index in [0.717, 1.165) is 13.0 Å². The van der Waals surface area contributed by atoms with Crippen molar-refractivity contribution in [2.24, 2.45) is 5.73 Å².